The summed E-state index contributed by atoms with van der Waals surface area (Å²) in [4.78, 5) is 5.11. The van der Waals surface area contributed by atoms with Gasteiger partial charge in [0.05, 0.1) is 11.4 Å². The minimum absolute atomic E-state index is 0.106. The van der Waals surface area contributed by atoms with Crippen LogP contribution >= 0.6 is 0 Å². The van der Waals surface area contributed by atoms with Crippen LogP contribution in [0.5, 0.6) is 0 Å². The van der Waals surface area contributed by atoms with Crippen molar-refractivity contribution in [2.24, 2.45) is 5.41 Å². The second-order valence-electron chi connectivity index (χ2n) is 20.2. The number of anilines is 8. The van der Waals surface area contributed by atoms with E-state index in [1.807, 2.05) is 0 Å². The van der Waals surface area contributed by atoms with Crippen molar-refractivity contribution in [1.82, 2.24) is 0 Å². The first-order chi connectivity index (χ1) is 31.0. The van der Waals surface area contributed by atoms with Crippen molar-refractivity contribution in [3.63, 3.8) is 0 Å². The minimum Gasteiger partial charge on any atom is -0.385 e. The molecule has 4 heteroatoms. The Morgan fingerprint density at radius 3 is 1.47 bits per heavy atom. The van der Waals surface area contributed by atoms with Crippen molar-refractivity contribution in [2.45, 2.75) is 138 Å². The van der Waals surface area contributed by atoms with Crippen molar-refractivity contribution >= 4 is 45.5 Å². The first-order valence-corrected chi connectivity index (χ1v) is 24.7. The number of nitrogens with zero attached hydrogens (tertiary/aromatic N) is 2. The first-order valence-electron chi connectivity index (χ1n) is 24.7. The molecule has 64 heavy (non-hydrogen) atoms. The van der Waals surface area contributed by atoms with Gasteiger partial charge in [0.2, 0.25) is 0 Å². The van der Waals surface area contributed by atoms with E-state index in [9.17, 15) is 0 Å². The van der Waals surface area contributed by atoms with E-state index in [2.05, 4.69) is 192 Å². The van der Waals surface area contributed by atoms with Crippen LogP contribution in [-0.4, -0.2) is 13.1 Å². The molecule has 3 atom stereocenters. The van der Waals surface area contributed by atoms with E-state index in [1.54, 1.807) is 11.1 Å². The Labute approximate surface area is 385 Å². The molecule has 0 saturated heterocycles. The Hall–Kier alpha value is -5.48. The van der Waals surface area contributed by atoms with Crippen LogP contribution in [0, 0.1) is 47.0 Å². The summed E-state index contributed by atoms with van der Waals surface area (Å²) in [5.41, 5.74) is 24.1. The molecular formula is C60H72N4. The van der Waals surface area contributed by atoms with E-state index in [4.69, 9.17) is 0 Å². The summed E-state index contributed by atoms with van der Waals surface area (Å²) in [7, 11) is 0. The molecule has 6 aromatic carbocycles. The lowest BCUT2D eigenvalue weighted by atomic mass is 9.60. The fourth-order valence-electron chi connectivity index (χ4n) is 12.5. The maximum atomic E-state index is 3.71. The summed E-state index contributed by atoms with van der Waals surface area (Å²) in [6.45, 7) is 22.5. The highest BCUT2D eigenvalue weighted by Gasteiger charge is 2.62. The summed E-state index contributed by atoms with van der Waals surface area (Å²) in [5, 5.41) is 7.42. The van der Waals surface area contributed by atoms with E-state index in [0.29, 0.717) is 11.3 Å². The van der Waals surface area contributed by atoms with Crippen molar-refractivity contribution in [1.29, 1.82) is 0 Å². The lowest BCUT2D eigenvalue weighted by molar-refractivity contribution is 0.251. The monoisotopic (exact) mass is 849 g/mol. The Balaban J connectivity index is 1.20. The fraction of sp³-hybridized carbons (Fsp3) is 0.400. The lowest BCUT2D eigenvalue weighted by Gasteiger charge is -2.44. The van der Waals surface area contributed by atoms with Gasteiger partial charge in [-0.3, -0.25) is 0 Å². The lowest BCUT2D eigenvalue weighted by Crippen LogP contribution is -2.33. The Morgan fingerprint density at radius 2 is 0.984 bits per heavy atom. The molecule has 0 radical (unpaired) electrons. The number of rotatable bonds is 16. The number of unbranched alkanes of at least 4 members (excludes halogenated alkanes) is 2. The molecule has 332 valence electrons. The van der Waals surface area contributed by atoms with Gasteiger partial charge in [-0.1, -0.05) is 87.6 Å². The fourth-order valence-corrected chi connectivity index (χ4v) is 12.5. The van der Waals surface area contributed by atoms with Gasteiger partial charge in [0.15, 0.2) is 0 Å². The van der Waals surface area contributed by atoms with Crippen molar-refractivity contribution in [2.75, 3.05) is 33.5 Å². The van der Waals surface area contributed by atoms with Crippen LogP contribution < -0.4 is 20.4 Å². The van der Waals surface area contributed by atoms with E-state index in [0.717, 1.165) is 13.1 Å². The van der Waals surface area contributed by atoms with Gasteiger partial charge in [-0.2, -0.15) is 0 Å². The van der Waals surface area contributed by atoms with E-state index in [1.165, 1.54) is 154 Å². The van der Waals surface area contributed by atoms with Crippen molar-refractivity contribution < 1.29 is 0 Å². The molecule has 3 aliphatic carbocycles. The summed E-state index contributed by atoms with van der Waals surface area (Å²) >= 11 is 0. The molecule has 0 amide bonds. The predicted molar refractivity (Wildman–Crippen MR) is 277 cm³/mol. The molecule has 3 unspecified atom stereocenters. The van der Waals surface area contributed by atoms with Crippen LogP contribution in [0.25, 0.3) is 11.1 Å². The van der Waals surface area contributed by atoms with Crippen LogP contribution in [0.4, 0.5) is 45.5 Å². The van der Waals surface area contributed by atoms with Gasteiger partial charge in [-0.15, -0.1) is 0 Å². The van der Waals surface area contributed by atoms with Crippen molar-refractivity contribution in [3.05, 3.63) is 154 Å². The molecule has 2 saturated carbocycles. The van der Waals surface area contributed by atoms with Gasteiger partial charge in [0.25, 0.3) is 0 Å². The van der Waals surface area contributed by atoms with Gasteiger partial charge < -0.3 is 20.4 Å². The third kappa shape index (κ3) is 7.90. The number of fused-ring (bicyclic) bond motifs is 5. The van der Waals surface area contributed by atoms with Crippen LogP contribution in [0.1, 0.15) is 135 Å². The SMILES string of the molecule is CCCCNc1cc(C)c(N(c2ccc(C)cc2)c2ccc3c(c2)C2CC4(CCC)CCC2(C4)c2cc(N(c4ccc(C)cc4)c4c(C)cc(NCCCC)cc4C)ccc2-3)c(C)c1. The van der Waals surface area contributed by atoms with Crippen molar-refractivity contribution in [3.8, 4) is 11.1 Å². The maximum absolute atomic E-state index is 3.71. The molecule has 6 aromatic rings. The molecule has 9 rings (SSSR count). The molecule has 0 aliphatic heterocycles. The number of hydrogen-bond donors (Lipinski definition) is 2. The quantitative estimate of drug-likeness (QED) is 0.0950. The zero-order chi connectivity index (χ0) is 44.8. The van der Waals surface area contributed by atoms with Crippen LogP contribution in [0.15, 0.2) is 109 Å². The largest absolute Gasteiger partial charge is 0.385 e. The Kier molecular flexibility index (Phi) is 12.2. The number of benzene rings is 6. The van der Waals surface area contributed by atoms with Gasteiger partial charge in [-0.05, 0) is 215 Å². The maximum Gasteiger partial charge on any atom is 0.0521 e. The smallest absolute Gasteiger partial charge is 0.0521 e. The number of aryl methyl sites for hydroxylation is 6. The van der Waals surface area contributed by atoms with Gasteiger partial charge in [0, 0.05) is 52.6 Å². The standard InChI is InChI=1S/C60H72N4/c1-10-13-30-61-46-32-42(6)57(43(7)33-46)63(48-19-15-40(4)16-20-48)50-23-25-52-53-26-24-51(37-55(53)60-29-28-59(39-60,27-12-3)38-56(60)54(52)36-50)64(49-21-17-41(5)18-22-49)58-44(8)34-47(35-45(58)9)62-31-14-11-2/h15-26,32-37,56,61-62H,10-14,27-31,38-39H2,1-9H3. The predicted octanol–water partition coefficient (Wildman–Crippen LogP) is 17.3. The van der Waals surface area contributed by atoms with E-state index >= 15 is 0 Å². The molecule has 4 nitrogen and oxygen atoms in total. The topological polar surface area (TPSA) is 30.5 Å². The minimum atomic E-state index is 0.106. The Bertz CT molecular complexity index is 2590. The molecule has 0 aromatic heterocycles. The zero-order valence-electron chi connectivity index (χ0n) is 40.3. The summed E-state index contributed by atoms with van der Waals surface area (Å²) in [5.74, 6) is 0.475. The number of hydrogen-bond acceptors (Lipinski definition) is 4. The second-order valence-corrected chi connectivity index (χ2v) is 20.2. The third-order valence-electron chi connectivity index (χ3n) is 15.4. The second kappa shape index (κ2) is 17.8. The van der Waals surface area contributed by atoms with Crippen LogP contribution in [0.2, 0.25) is 0 Å². The molecule has 2 N–H and O–H groups in total. The van der Waals surface area contributed by atoms with Gasteiger partial charge in [-0.25, -0.2) is 0 Å². The highest BCUT2D eigenvalue weighted by molar-refractivity contribution is 5.89. The molecule has 0 heterocycles. The van der Waals surface area contributed by atoms with E-state index in [-0.39, 0.29) is 5.41 Å². The molecule has 2 bridgehead atoms. The average molecular weight is 849 g/mol. The van der Waals surface area contributed by atoms with Crippen LogP contribution in [0.3, 0.4) is 0 Å². The third-order valence-corrected chi connectivity index (χ3v) is 15.4. The molecule has 3 aliphatic rings. The highest BCUT2D eigenvalue weighted by atomic mass is 15.2. The first kappa shape index (κ1) is 43.8. The van der Waals surface area contributed by atoms with Crippen LogP contribution in [-0.2, 0) is 5.41 Å². The molecular weight excluding hydrogens is 777 g/mol. The molecule has 1 spiro atoms. The zero-order valence-corrected chi connectivity index (χ0v) is 40.3. The van der Waals surface area contributed by atoms with Gasteiger partial charge >= 0.3 is 0 Å². The highest BCUT2D eigenvalue weighted by Crippen LogP contribution is 2.73. The molecule has 2 fully saturated rings. The van der Waals surface area contributed by atoms with Gasteiger partial charge in [0.1, 0.15) is 0 Å². The normalized spacial score (nSPS) is 19.2. The summed E-state index contributed by atoms with van der Waals surface area (Å²) in [6, 6.07) is 42.8. The number of nitrogens with one attached hydrogen (secondary N) is 2. The Morgan fingerprint density at radius 1 is 0.516 bits per heavy atom. The summed E-state index contributed by atoms with van der Waals surface area (Å²) < 4.78 is 0. The van der Waals surface area contributed by atoms with E-state index < -0.39 is 0 Å². The average Bonchev–Trinajstić information content (AvgIpc) is 3.82. The summed E-state index contributed by atoms with van der Waals surface area (Å²) in [6.07, 6.45) is 12.4.